The minimum atomic E-state index is -1.00. The lowest BCUT2D eigenvalue weighted by Gasteiger charge is -2.32. The summed E-state index contributed by atoms with van der Waals surface area (Å²) in [6.07, 6.45) is 6.48. The van der Waals surface area contributed by atoms with Crippen molar-refractivity contribution in [1.82, 2.24) is 20.1 Å². The van der Waals surface area contributed by atoms with E-state index >= 15 is 0 Å². The Hall–Kier alpha value is -2.39. The number of aryl methyl sites for hydroxylation is 2. The van der Waals surface area contributed by atoms with Crippen LogP contribution in [0, 0.1) is 0 Å². The van der Waals surface area contributed by atoms with Crippen molar-refractivity contribution in [2.24, 2.45) is 0 Å². The van der Waals surface area contributed by atoms with Gasteiger partial charge >= 0.3 is 12.0 Å². The van der Waals surface area contributed by atoms with Gasteiger partial charge in [0.05, 0.1) is 6.61 Å². The van der Waals surface area contributed by atoms with E-state index in [0.717, 1.165) is 76.3 Å². The van der Waals surface area contributed by atoms with Gasteiger partial charge in [-0.2, -0.15) is 0 Å². The minimum Gasteiger partial charge on any atom is -0.480 e. The highest BCUT2D eigenvalue weighted by atomic mass is 16.5. The molecule has 2 rings (SSSR count). The van der Waals surface area contributed by atoms with Crippen LogP contribution in [0.1, 0.15) is 78.0 Å². The number of hydrogen-bond donors (Lipinski definition) is 3. The van der Waals surface area contributed by atoms with Crippen LogP contribution >= 0.6 is 0 Å². The van der Waals surface area contributed by atoms with Gasteiger partial charge < -0.3 is 30.3 Å². The first-order chi connectivity index (χ1) is 17.7. The summed E-state index contributed by atoms with van der Waals surface area (Å²) in [5.41, 5.74) is 2.41. The average Bonchev–Trinajstić information content (AvgIpc) is 2.85. The summed E-state index contributed by atoms with van der Waals surface area (Å²) >= 11 is 0. The molecule has 2 amide bonds. The smallest absolute Gasteiger partial charge is 0.326 e. The fourth-order valence-corrected chi connectivity index (χ4v) is 4.78. The maximum absolute atomic E-state index is 12.8. The lowest BCUT2D eigenvalue weighted by atomic mass is 10.1. The molecule has 1 aliphatic rings. The van der Waals surface area contributed by atoms with E-state index in [1.165, 1.54) is 5.56 Å². The van der Waals surface area contributed by atoms with Gasteiger partial charge in [-0.3, -0.25) is 0 Å². The maximum Gasteiger partial charge on any atom is 0.326 e. The zero-order valence-corrected chi connectivity index (χ0v) is 23.6. The molecule has 2 heterocycles. The summed E-state index contributed by atoms with van der Waals surface area (Å²) in [5.74, 6) is 0.0313. The Bertz CT molecular complexity index is 825. The zero-order valence-electron chi connectivity index (χ0n) is 23.6. The second kappa shape index (κ2) is 16.5. The Kier molecular flexibility index (Phi) is 13.7. The topological polar surface area (TPSA) is 107 Å². The number of aliphatic carboxylic acids is 1. The van der Waals surface area contributed by atoms with Gasteiger partial charge in [0.25, 0.3) is 0 Å². The molecule has 9 nitrogen and oxygen atoms in total. The average molecular weight is 520 g/mol. The Morgan fingerprint density at radius 1 is 1.11 bits per heavy atom. The number of hydrogen-bond acceptors (Lipinski definition) is 6. The molecule has 0 spiro atoms. The number of aromatic nitrogens is 1. The number of nitrogens with one attached hydrogen (secondary N) is 2. The van der Waals surface area contributed by atoms with Crippen LogP contribution in [0.15, 0.2) is 12.1 Å². The highest BCUT2D eigenvalue weighted by Crippen LogP contribution is 2.20. The second-order valence-corrected chi connectivity index (χ2v) is 10.5. The number of urea groups is 1. The van der Waals surface area contributed by atoms with E-state index in [9.17, 15) is 14.7 Å². The highest BCUT2D eigenvalue weighted by molar-refractivity contribution is 5.82. The van der Waals surface area contributed by atoms with Gasteiger partial charge in [-0.1, -0.05) is 13.0 Å². The zero-order chi connectivity index (χ0) is 27.2. The quantitative estimate of drug-likeness (QED) is 0.265. The van der Waals surface area contributed by atoms with E-state index in [4.69, 9.17) is 9.72 Å². The van der Waals surface area contributed by atoms with E-state index < -0.39 is 12.0 Å². The molecule has 0 saturated heterocycles. The lowest BCUT2D eigenvalue weighted by Crippen LogP contribution is -2.53. The van der Waals surface area contributed by atoms with Crippen LogP contribution in [0.4, 0.5) is 10.6 Å². The van der Waals surface area contributed by atoms with Gasteiger partial charge in [0, 0.05) is 44.0 Å². The highest BCUT2D eigenvalue weighted by Gasteiger charge is 2.26. The Labute approximate surface area is 223 Å². The molecule has 3 N–H and O–H groups in total. The fourth-order valence-electron chi connectivity index (χ4n) is 4.78. The number of carboxylic acid groups (broad SMARTS) is 1. The molecule has 1 aromatic heterocycles. The number of pyridine rings is 1. The van der Waals surface area contributed by atoms with Gasteiger partial charge in [-0.15, -0.1) is 0 Å². The summed E-state index contributed by atoms with van der Waals surface area (Å²) in [6.45, 7) is 14.3. The molecular formula is C28H49N5O4. The van der Waals surface area contributed by atoms with Gasteiger partial charge in [0.1, 0.15) is 11.9 Å². The first-order valence-corrected chi connectivity index (χ1v) is 14.1. The summed E-state index contributed by atoms with van der Waals surface area (Å²) in [7, 11) is 0. The molecule has 9 heteroatoms. The second-order valence-electron chi connectivity index (χ2n) is 10.5. The van der Waals surface area contributed by atoms with Crippen molar-refractivity contribution >= 4 is 17.8 Å². The Balaban J connectivity index is 1.88. The largest absolute Gasteiger partial charge is 0.480 e. The predicted octanol–water partition coefficient (Wildman–Crippen LogP) is 4.16. The number of unbranched alkanes of at least 4 members (excludes halogenated alkanes) is 1. The fraction of sp³-hybridized carbons (Fsp3) is 0.750. The molecule has 0 bridgehead atoms. The number of nitrogens with zero attached hydrogens (tertiary/aromatic N) is 3. The predicted molar refractivity (Wildman–Crippen MR) is 148 cm³/mol. The molecule has 37 heavy (non-hydrogen) atoms. The SMILES string of the molecule is CCCOCCN(CCCCc1ccc2c(n1)NCCC2)CCC(NC(=O)N(C(C)C)C(C)C)C(=O)O. The third kappa shape index (κ3) is 10.9. The molecular weight excluding hydrogens is 470 g/mol. The maximum atomic E-state index is 12.8. The molecule has 0 fully saturated rings. The van der Waals surface area contributed by atoms with Crippen LogP contribution in [0.3, 0.4) is 0 Å². The van der Waals surface area contributed by atoms with Crippen molar-refractivity contribution in [3.05, 3.63) is 23.4 Å². The number of carbonyl (C=O) groups excluding carboxylic acids is 1. The summed E-state index contributed by atoms with van der Waals surface area (Å²) in [4.78, 5) is 33.4. The Morgan fingerprint density at radius 3 is 2.54 bits per heavy atom. The number of rotatable bonds is 17. The van der Waals surface area contributed by atoms with Crippen LogP contribution in [-0.2, 0) is 22.4 Å². The van der Waals surface area contributed by atoms with E-state index in [0.29, 0.717) is 19.6 Å². The van der Waals surface area contributed by atoms with E-state index in [1.54, 1.807) is 4.90 Å². The van der Waals surface area contributed by atoms with Gasteiger partial charge in [-0.25, -0.2) is 14.6 Å². The first-order valence-electron chi connectivity index (χ1n) is 14.1. The Morgan fingerprint density at radius 2 is 1.86 bits per heavy atom. The lowest BCUT2D eigenvalue weighted by molar-refractivity contribution is -0.139. The monoisotopic (exact) mass is 519 g/mol. The summed E-state index contributed by atoms with van der Waals surface area (Å²) in [6, 6.07) is 3.05. The molecule has 1 unspecified atom stereocenters. The third-order valence-electron chi connectivity index (χ3n) is 6.69. The molecule has 0 radical (unpaired) electrons. The minimum absolute atomic E-state index is 0.0120. The first kappa shape index (κ1) is 30.8. The standard InChI is InChI=1S/C28H49N5O4/c1-6-19-37-20-18-32(16-8-7-11-24-13-12-23-10-9-15-29-26(23)30-24)17-14-25(27(34)35)31-28(36)33(21(2)3)22(4)5/h12-13,21-22,25H,6-11,14-20H2,1-5H3,(H,29,30)(H,31,36)(H,34,35). The van der Waals surface area contributed by atoms with E-state index in [1.807, 2.05) is 27.7 Å². The normalized spacial score (nSPS) is 13.9. The molecule has 1 aliphatic heterocycles. The number of amides is 2. The van der Waals surface area contributed by atoms with Crippen molar-refractivity contribution < 1.29 is 19.4 Å². The van der Waals surface area contributed by atoms with Gasteiger partial charge in [0.2, 0.25) is 0 Å². The molecule has 210 valence electrons. The molecule has 1 aromatic rings. The van der Waals surface area contributed by atoms with Crippen LogP contribution in [0.5, 0.6) is 0 Å². The number of carbonyl (C=O) groups is 2. The van der Waals surface area contributed by atoms with E-state index in [2.05, 4.69) is 34.6 Å². The van der Waals surface area contributed by atoms with Crippen molar-refractivity contribution in [3.8, 4) is 0 Å². The molecule has 0 aliphatic carbocycles. The third-order valence-corrected chi connectivity index (χ3v) is 6.69. The van der Waals surface area contributed by atoms with Crippen molar-refractivity contribution in [2.45, 2.75) is 97.7 Å². The molecule has 0 saturated carbocycles. The summed E-state index contributed by atoms with van der Waals surface area (Å²) < 4.78 is 5.69. The van der Waals surface area contributed by atoms with Crippen molar-refractivity contribution in [3.63, 3.8) is 0 Å². The summed E-state index contributed by atoms with van der Waals surface area (Å²) in [5, 5.41) is 15.9. The van der Waals surface area contributed by atoms with Gasteiger partial charge in [-0.05, 0) is 90.8 Å². The van der Waals surface area contributed by atoms with Crippen LogP contribution in [0.25, 0.3) is 0 Å². The number of ether oxygens (including phenoxy) is 1. The van der Waals surface area contributed by atoms with Crippen LogP contribution in [-0.4, -0.2) is 89.4 Å². The molecule has 0 aromatic carbocycles. The van der Waals surface area contributed by atoms with Crippen molar-refractivity contribution in [2.75, 3.05) is 44.7 Å². The van der Waals surface area contributed by atoms with Crippen LogP contribution in [0.2, 0.25) is 0 Å². The van der Waals surface area contributed by atoms with Crippen LogP contribution < -0.4 is 10.6 Å². The van der Waals surface area contributed by atoms with Gasteiger partial charge in [0.15, 0.2) is 0 Å². The van der Waals surface area contributed by atoms with E-state index in [-0.39, 0.29) is 18.1 Å². The number of anilines is 1. The number of fused-ring (bicyclic) bond motifs is 1. The molecule has 1 atom stereocenters. The number of carboxylic acids is 1. The van der Waals surface area contributed by atoms with Crippen molar-refractivity contribution in [1.29, 1.82) is 0 Å².